The molecule has 0 aliphatic rings. The Labute approximate surface area is 106 Å². The maximum Gasteiger partial charge on any atom is 0.172 e. The summed E-state index contributed by atoms with van der Waals surface area (Å²) in [5.41, 5.74) is 1.31. The van der Waals surface area contributed by atoms with Crippen LogP contribution in [-0.4, -0.2) is 16.6 Å². The molecule has 2 aromatic rings. The lowest BCUT2D eigenvalue weighted by atomic mass is 10.1. The molecule has 17 heavy (non-hydrogen) atoms. The zero-order chi connectivity index (χ0) is 12.3. The molecule has 1 unspecified atom stereocenters. The third-order valence-corrected chi connectivity index (χ3v) is 3.96. The standard InChI is InChI=1S/C13H17N3S/c1-10(14-2)11-6-4-5-7-12(11)17-13-15-8-9-16(13)3/h4-10,14H,1-3H3. The van der Waals surface area contributed by atoms with Gasteiger partial charge in [-0.2, -0.15) is 0 Å². The van der Waals surface area contributed by atoms with E-state index in [-0.39, 0.29) is 0 Å². The third kappa shape index (κ3) is 2.70. The summed E-state index contributed by atoms with van der Waals surface area (Å²) in [7, 11) is 3.99. The van der Waals surface area contributed by atoms with Gasteiger partial charge in [-0.25, -0.2) is 4.98 Å². The molecule has 0 radical (unpaired) electrons. The molecule has 0 bridgehead atoms. The van der Waals surface area contributed by atoms with Gasteiger partial charge in [0.1, 0.15) is 0 Å². The summed E-state index contributed by atoms with van der Waals surface area (Å²) < 4.78 is 2.03. The van der Waals surface area contributed by atoms with E-state index in [0.29, 0.717) is 6.04 Å². The number of benzene rings is 1. The first kappa shape index (κ1) is 12.2. The second kappa shape index (κ2) is 5.38. The molecule has 0 amide bonds. The van der Waals surface area contributed by atoms with Crippen molar-refractivity contribution < 1.29 is 0 Å². The van der Waals surface area contributed by atoms with E-state index in [1.54, 1.807) is 11.8 Å². The maximum atomic E-state index is 4.34. The first-order chi connectivity index (χ1) is 8.22. The zero-order valence-corrected chi connectivity index (χ0v) is 11.2. The van der Waals surface area contributed by atoms with E-state index in [1.165, 1.54) is 10.5 Å². The molecule has 1 atom stereocenters. The summed E-state index contributed by atoms with van der Waals surface area (Å²) in [6.45, 7) is 2.16. The van der Waals surface area contributed by atoms with Crippen LogP contribution >= 0.6 is 11.8 Å². The van der Waals surface area contributed by atoms with Crippen molar-refractivity contribution in [3.05, 3.63) is 42.2 Å². The van der Waals surface area contributed by atoms with Gasteiger partial charge in [-0.1, -0.05) is 30.0 Å². The van der Waals surface area contributed by atoms with Gasteiger partial charge in [-0.05, 0) is 25.6 Å². The summed E-state index contributed by atoms with van der Waals surface area (Å²) in [4.78, 5) is 5.60. The van der Waals surface area contributed by atoms with E-state index in [4.69, 9.17) is 0 Å². The van der Waals surface area contributed by atoms with Gasteiger partial charge < -0.3 is 9.88 Å². The molecule has 1 heterocycles. The Balaban J connectivity index is 2.30. The quantitative estimate of drug-likeness (QED) is 0.901. The van der Waals surface area contributed by atoms with Crippen molar-refractivity contribution in [1.29, 1.82) is 0 Å². The number of hydrogen-bond donors (Lipinski definition) is 1. The normalized spacial score (nSPS) is 12.6. The molecule has 3 nitrogen and oxygen atoms in total. The highest BCUT2D eigenvalue weighted by Crippen LogP contribution is 2.31. The molecule has 0 fully saturated rings. The van der Waals surface area contributed by atoms with Crippen LogP contribution in [-0.2, 0) is 7.05 Å². The van der Waals surface area contributed by atoms with Crippen molar-refractivity contribution in [2.45, 2.75) is 23.0 Å². The molecule has 0 spiro atoms. The highest BCUT2D eigenvalue weighted by molar-refractivity contribution is 7.99. The lowest BCUT2D eigenvalue weighted by Crippen LogP contribution is -2.13. The lowest BCUT2D eigenvalue weighted by Gasteiger charge is -2.14. The summed E-state index contributed by atoms with van der Waals surface area (Å²) in [6.07, 6.45) is 3.79. The SMILES string of the molecule is CNC(C)c1ccccc1Sc1nccn1C. The number of aromatic nitrogens is 2. The van der Waals surface area contributed by atoms with E-state index >= 15 is 0 Å². The summed E-state index contributed by atoms with van der Waals surface area (Å²) >= 11 is 1.70. The van der Waals surface area contributed by atoms with Gasteiger partial charge in [-0.3, -0.25) is 0 Å². The molecule has 4 heteroatoms. The van der Waals surface area contributed by atoms with E-state index in [9.17, 15) is 0 Å². The smallest absolute Gasteiger partial charge is 0.172 e. The Morgan fingerprint density at radius 1 is 1.35 bits per heavy atom. The average molecular weight is 247 g/mol. The van der Waals surface area contributed by atoms with Crippen LogP contribution in [0.4, 0.5) is 0 Å². The predicted octanol–water partition coefficient (Wildman–Crippen LogP) is 2.85. The van der Waals surface area contributed by atoms with Gasteiger partial charge in [0.2, 0.25) is 0 Å². The van der Waals surface area contributed by atoms with Gasteiger partial charge in [0.05, 0.1) is 0 Å². The highest BCUT2D eigenvalue weighted by atomic mass is 32.2. The molecule has 1 aromatic heterocycles. The maximum absolute atomic E-state index is 4.34. The summed E-state index contributed by atoms with van der Waals surface area (Å²) in [5.74, 6) is 0. The van der Waals surface area contributed by atoms with Crippen molar-refractivity contribution in [1.82, 2.24) is 14.9 Å². The Morgan fingerprint density at radius 2 is 2.12 bits per heavy atom. The fourth-order valence-corrected chi connectivity index (χ4v) is 2.66. The van der Waals surface area contributed by atoms with Crippen LogP contribution in [0, 0.1) is 0 Å². The van der Waals surface area contributed by atoms with Crippen molar-refractivity contribution in [2.75, 3.05) is 7.05 Å². The Morgan fingerprint density at radius 3 is 2.76 bits per heavy atom. The molecular weight excluding hydrogens is 230 g/mol. The molecule has 0 aliphatic carbocycles. The number of nitrogens with one attached hydrogen (secondary N) is 1. The first-order valence-electron chi connectivity index (χ1n) is 5.63. The molecule has 0 aliphatic heterocycles. The van der Waals surface area contributed by atoms with Gasteiger partial charge in [-0.15, -0.1) is 0 Å². The topological polar surface area (TPSA) is 29.9 Å². The van der Waals surface area contributed by atoms with Gasteiger partial charge in [0.25, 0.3) is 0 Å². The van der Waals surface area contributed by atoms with Crippen LogP contribution in [0.15, 0.2) is 46.7 Å². The number of aryl methyl sites for hydroxylation is 1. The van der Waals surface area contributed by atoms with E-state index < -0.39 is 0 Å². The minimum Gasteiger partial charge on any atom is -0.329 e. The van der Waals surface area contributed by atoms with Gasteiger partial charge >= 0.3 is 0 Å². The molecule has 1 N–H and O–H groups in total. The van der Waals surface area contributed by atoms with Crippen molar-refractivity contribution >= 4 is 11.8 Å². The van der Waals surface area contributed by atoms with Crippen LogP contribution < -0.4 is 5.32 Å². The Hall–Kier alpha value is -1.26. The number of rotatable bonds is 4. The van der Waals surface area contributed by atoms with Gasteiger partial charge in [0, 0.05) is 30.4 Å². The third-order valence-electron chi connectivity index (χ3n) is 2.80. The Kier molecular flexibility index (Phi) is 3.86. The fourth-order valence-electron chi connectivity index (χ4n) is 1.64. The average Bonchev–Trinajstić information content (AvgIpc) is 2.75. The summed E-state index contributed by atoms with van der Waals surface area (Å²) in [5, 5.41) is 4.29. The number of imidazole rings is 1. The minimum atomic E-state index is 0.346. The van der Waals surface area contributed by atoms with E-state index in [1.807, 2.05) is 31.1 Å². The van der Waals surface area contributed by atoms with Gasteiger partial charge in [0.15, 0.2) is 5.16 Å². The first-order valence-corrected chi connectivity index (χ1v) is 6.45. The van der Waals surface area contributed by atoms with Crippen LogP contribution in [0.2, 0.25) is 0 Å². The molecule has 0 saturated heterocycles. The second-order valence-electron chi connectivity index (χ2n) is 3.97. The molecule has 0 saturated carbocycles. The number of hydrogen-bond acceptors (Lipinski definition) is 3. The summed E-state index contributed by atoms with van der Waals surface area (Å²) in [6, 6.07) is 8.79. The second-order valence-corrected chi connectivity index (χ2v) is 4.98. The zero-order valence-electron chi connectivity index (χ0n) is 10.3. The van der Waals surface area contributed by atoms with Crippen LogP contribution in [0.25, 0.3) is 0 Å². The van der Waals surface area contributed by atoms with E-state index in [0.717, 1.165) is 5.16 Å². The lowest BCUT2D eigenvalue weighted by molar-refractivity contribution is 0.641. The molecule has 90 valence electrons. The minimum absolute atomic E-state index is 0.346. The molecule has 1 aromatic carbocycles. The van der Waals surface area contributed by atoms with Crippen LogP contribution in [0.3, 0.4) is 0 Å². The predicted molar refractivity (Wildman–Crippen MR) is 71.2 cm³/mol. The Bertz CT molecular complexity index is 493. The fraction of sp³-hybridized carbons (Fsp3) is 0.308. The van der Waals surface area contributed by atoms with Crippen molar-refractivity contribution in [3.63, 3.8) is 0 Å². The molecule has 2 rings (SSSR count). The van der Waals surface area contributed by atoms with Crippen molar-refractivity contribution in [3.8, 4) is 0 Å². The van der Waals surface area contributed by atoms with E-state index in [2.05, 4.69) is 41.5 Å². The highest BCUT2D eigenvalue weighted by Gasteiger charge is 2.11. The number of nitrogens with zero attached hydrogens (tertiary/aromatic N) is 2. The van der Waals surface area contributed by atoms with Crippen molar-refractivity contribution in [2.24, 2.45) is 7.05 Å². The van der Waals surface area contributed by atoms with Crippen LogP contribution in [0.1, 0.15) is 18.5 Å². The molecular formula is C13H17N3S. The largest absolute Gasteiger partial charge is 0.329 e. The van der Waals surface area contributed by atoms with Crippen LogP contribution in [0.5, 0.6) is 0 Å². The monoisotopic (exact) mass is 247 g/mol.